The van der Waals surface area contributed by atoms with Gasteiger partial charge in [-0.15, -0.1) is 0 Å². The van der Waals surface area contributed by atoms with Crippen LogP contribution in [0.15, 0.2) is 48.5 Å². The molecule has 128 valence electrons. The van der Waals surface area contributed by atoms with Crippen LogP contribution in [-0.4, -0.2) is 38.1 Å². The Morgan fingerprint density at radius 2 is 1.83 bits per heavy atom. The van der Waals surface area contributed by atoms with E-state index >= 15 is 0 Å². The number of ether oxygens (including phenoxy) is 1. The molecular formula is C20H26N2O2. The highest BCUT2D eigenvalue weighted by atomic mass is 16.5. The van der Waals surface area contributed by atoms with Crippen molar-refractivity contribution in [2.45, 2.75) is 19.9 Å². The van der Waals surface area contributed by atoms with Crippen molar-refractivity contribution in [3.05, 3.63) is 65.2 Å². The summed E-state index contributed by atoms with van der Waals surface area (Å²) in [5.74, 6) is 0.649. The Kier molecular flexibility index (Phi) is 6.38. The number of rotatable bonds is 7. The molecule has 0 aromatic heterocycles. The summed E-state index contributed by atoms with van der Waals surface area (Å²) in [6.45, 7) is 4.56. The van der Waals surface area contributed by atoms with Crippen molar-refractivity contribution in [3.63, 3.8) is 0 Å². The normalized spacial score (nSPS) is 12.0. The zero-order chi connectivity index (χ0) is 17.5. The fourth-order valence-corrected chi connectivity index (χ4v) is 2.54. The number of amides is 1. The number of carbonyl (C=O) groups excluding carboxylic acids is 1. The molecule has 4 nitrogen and oxygen atoms in total. The predicted octanol–water partition coefficient (Wildman–Crippen LogP) is 3.10. The molecule has 2 aromatic rings. The van der Waals surface area contributed by atoms with E-state index in [1.165, 1.54) is 5.56 Å². The third kappa shape index (κ3) is 5.10. The Morgan fingerprint density at radius 3 is 2.50 bits per heavy atom. The van der Waals surface area contributed by atoms with Gasteiger partial charge >= 0.3 is 0 Å². The highest BCUT2D eigenvalue weighted by molar-refractivity contribution is 5.77. The van der Waals surface area contributed by atoms with Crippen LogP contribution in [0.5, 0.6) is 5.75 Å². The summed E-state index contributed by atoms with van der Waals surface area (Å²) in [4.78, 5) is 14.2. The lowest BCUT2D eigenvalue weighted by Crippen LogP contribution is -2.36. The van der Waals surface area contributed by atoms with E-state index in [9.17, 15) is 4.79 Å². The lowest BCUT2D eigenvalue weighted by atomic mass is 10.1. The Bertz CT molecular complexity index is 669. The van der Waals surface area contributed by atoms with Gasteiger partial charge < -0.3 is 15.0 Å². The van der Waals surface area contributed by atoms with Crippen LogP contribution in [-0.2, 0) is 4.79 Å². The molecule has 0 aliphatic heterocycles. The van der Waals surface area contributed by atoms with Crippen LogP contribution in [0, 0.1) is 13.8 Å². The highest BCUT2D eigenvalue weighted by Crippen LogP contribution is 2.19. The van der Waals surface area contributed by atoms with Crippen LogP contribution in [0.25, 0.3) is 0 Å². The Morgan fingerprint density at radius 1 is 1.12 bits per heavy atom. The van der Waals surface area contributed by atoms with E-state index in [0.717, 1.165) is 16.9 Å². The maximum Gasteiger partial charge on any atom is 0.258 e. The first-order valence-corrected chi connectivity index (χ1v) is 8.15. The second kappa shape index (κ2) is 8.50. The first-order chi connectivity index (χ1) is 11.5. The first kappa shape index (κ1) is 18.0. The molecule has 1 unspecified atom stereocenters. The number of nitrogens with zero attached hydrogens (tertiary/aromatic N) is 1. The van der Waals surface area contributed by atoms with Gasteiger partial charge in [0.05, 0.1) is 6.04 Å². The molecule has 4 heteroatoms. The largest absolute Gasteiger partial charge is 0.483 e. The van der Waals surface area contributed by atoms with E-state index in [-0.39, 0.29) is 18.6 Å². The SMILES string of the molecule is Cc1ccc(C)c(OCC(=O)NCC(c2ccccc2)N(C)C)c1. The highest BCUT2D eigenvalue weighted by Gasteiger charge is 2.15. The molecule has 0 fully saturated rings. The van der Waals surface area contributed by atoms with E-state index in [0.29, 0.717) is 6.54 Å². The van der Waals surface area contributed by atoms with Gasteiger partial charge in [-0.1, -0.05) is 42.5 Å². The van der Waals surface area contributed by atoms with Gasteiger partial charge in [-0.25, -0.2) is 0 Å². The standard InChI is InChI=1S/C20H26N2O2/c1-15-10-11-16(2)19(12-15)24-14-20(23)21-13-18(22(3)4)17-8-6-5-7-9-17/h5-12,18H,13-14H2,1-4H3,(H,21,23). The Labute approximate surface area is 144 Å². The fourth-order valence-electron chi connectivity index (χ4n) is 2.54. The second-order valence-corrected chi connectivity index (χ2v) is 6.25. The summed E-state index contributed by atoms with van der Waals surface area (Å²) in [5.41, 5.74) is 3.33. The van der Waals surface area contributed by atoms with Gasteiger partial charge in [0.1, 0.15) is 5.75 Å². The Hall–Kier alpha value is -2.33. The zero-order valence-corrected chi connectivity index (χ0v) is 14.9. The van der Waals surface area contributed by atoms with Crippen molar-refractivity contribution in [2.24, 2.45) is 0 Å². The number of nitrogens with one attached hydrogen (secondary N) is 1. The van der Waals surface area contributed by atoms with Gasteiger partial charge in [0.25, 0.3) is 5.91 Å². The maximum absolute atomic E-state index is 12.1. The maximum atomic E-state index is 12.1. The molecule has 0 aliphatic rings. The summed E-state index contributed by atoms with van der Waals surface area (Å²) >= 11 is 0. The topological polar surface area (TPSA) is 41.6 Å². The number of hydrogen-bond donors (Lipinski definition) is 1. The molecule has 2 aromatic carbocycles. The van der Waals surface area contributed by atoms with Gasteiger partial charge in [0.15, 0.2) is 6.61 Å². The minimum absolute atomic E-state index is 0.0270. The quantitative estimate of drug-likeness (QED) is 0.850. The number of carbonyl (C=O) groups is 1. The average Bonchev–Trinajstić information content (AvgIpc) is 2.56. The van der Waals surface area contributed by atoms with Crippen molar-refractivity contribution < 1.29 is 9.53 Å². The van der Waals surface area contributed by atoms with Crippen LogP contribution in [0.1, 0.15) is 22.7 Å². The third-order valence-corrected chi connectivity index (χ3v) is 4.00. The van der Waals surface area contributed by atoms with Gasteiger partial charge in [0.2, 0.25) is 0 Å². The van der Waals surface area contributed by atoms with Crippen molar-refractivity contribution >= 4 is 5.91 Å². The molecule has 0 bridgehead atoms. The summed E-state index contributed by atoms with van der Waals surface area (Å²) < 4.78 is 5.65. The molecule has 1 N–H and O–H groups in total. The smallest absolute Gasteiger partial charge is 0.258 e. The van der Waals surface area contributed by atoms with Crippen molar-refractivity contribution in [1.29, 1.82) is 0 Å². The Balaban J connectivity index is 1.88. The molecule has 0 spiro atoms. The van der Waals surface area contributed by atoms with Crippen molar-refractivity contribution in [2.75, 3.05) is 27.2 Å². The van der Waals surface area contributed by atoms with Gasteiger partial charge in [-0.2, -0.15) is 0 Å². The van der Waals surface area contributed by atoms with E-state index < -0.39 is 0 Å². The molecular weight excluding hydrogens is 300 g/mol. The summed E-state index contributed by atoms with van der Waals surface area (Å²) in [7, 11) is 4.02. The molecule has 0 heterocycles. The van der Waals surface area contributed by atoms with Crippen molar-refractivity contribution in [3.8, 4) is 5.75 Å². The molecule has 0 saturated heterocycles. The summed E-state index contributed by atoms with van der Waals surface area (Å²) in [6.07, 6.45) is 0. The molecule has 24 heavy (non-hydrogen) atoms. The zero-order valence-electron chi connectivity index (χ0n) is 14.9. The molecule has 0 saturated carbocycles. The average molecular weight is 326 g/mol. The van der Waals surface area contributed by atoms with Crippen LogP contribution >= 0.6 is 0 Å². The number of likely N-dealkylation sites (N-methyl/N-ethyl adjacent to an activating group) is 1. The lowest BCUT2D eigenvalue weighted by molar-refractivity contribution is -0.123. The van der Waals surface area contributed by atoms with Crippen LogP contribution in [0.2, 0.25) is 0 Å². The van der Waals surface area contributed by atoms with Crippen LogP contribution in [0.3, 0.4) is 0 Å². The number of aryl methyl sites for hydroxylation is 2. The van der Waals surface area contributed by atoms with Gasteiger partial charge in [-0.05, 0) is 50.7 Å². The van der Waals surface area contributed by atoms with Crippen LogP contribution in [0.4, 0.5) is 0 Å². The monoisotopic (exact) mass is 326 g/mol. The fraction of sp³-hybridized carbons (Fsp3) is 0.350. The van der Waals surface area contributed by atoms with E-state index in [4.69, 9.17) is 4.74 Å². The minimum Gasteiger partial charge on any atom is -0.483 e. The minimum atomic E-state index is -0.112. The molecule has 1 amide bonds. The van der Waals surface area contributed by atoms with Gasteiger partial charge in [0, 0.05) is 6.54 Å². The van der Waals surface area contributed by atoms with E-state index in [1.54, 1.807) is 0 Å². The van der Waals surface area contributed by atoms with Gasteiger partial charge in [-0.3, -0.25) is 4.79 Å². The van der Waals surface area contributed by atoms with Crippen LogP contribution < -0.4 is 10.1 Å². The number of benzene rings is 2. The molecule has 1 atom stereocenters. The predicted molar refractivity (Wildman–Crippen MR) is 97.3 cm³/mol. The van der Waals surface area contributed by atoms with Crippen molar-refractivity contribution in [1.82, 2.24) is 10.2 Å². The first-order valence-electron chi connectivity index (χ1n) is 8.15. The number of hydrogen-bond acceptors (Lipinski definition) is 3. The lowest BCUT2D eigenvalue weighted by Gasteiger charge is -2.25. The van der Waals surface area contributed by atoms with E-state index in [1.807, 2.05) is 64.3 Å². The summed E-state index contributed by atoms with van der Waals surface area (Å²) in [6, 6.07) is 16.3. The molecule has 0 aliphatic carbocycles. The third-order valence-electron chi connectivity index (χ3n) is 4.00. The summed E-state index contributed by atoms with van der Waals surface area (Å²) in [5, 5.41) is 2.96. The van der Waals surface area contributed by atoms with E-state index in [2.05, 4.69) is 22.3 Å². The molecule has 2 rings (SSSR count). The second-order valence-electron chi connectivity index (χ2n) is 6.25. The molecule has 0 radical (unpaired) electrons.